The van der Waals surface area contributed by atoms with Crippen LogP contribution in [0.4, 0.5) is 5.82 Å². The molecule has 7 heteroatoms. The zero-order chi connectivity index (χ0) is 12.1. The summed E-state index contributed by atoms with van der Waals surface area (Å²) in [6.07, 6.45) is 0. The van der Waals surface area contributed by atoms with Gasteiger partial charge in [0.15, 0.2) is 0 Å². The van der Waals surface area contributed by atoms with Crippen LogP contribution >= 0.6 is 0 Å². The first-order chi connectivity index (χ1) is 7.32. The van der Waals surface area contributed by atoms with Crippen LogP contribution in [-0.4, -0.2) is 38.1 Å². The van der Waals surface area contributed by atoms with Crippen LogP contribution in [0, 0.1) is 0 Å². The highest BCUT2D eigenvalue weighted by Gasteiger charge is 2.38. The van der Waals surface area contributed by atoms with Gasteiger partial charge in [0.1, 0.15) is 0 Å². The summed E-state index contributed by atoms with van der Waals surface area (Å²) >= 11 is 0. The van der Waals surface area contributed by atoms with Crippen molar-refractivity contribution in [2.45, 2.75) is 12.5 Å². The fourth-order valence-electron chi connectivity index (χ4n) is 1.81. The molecular formula is C9H14N4O3. The molecule has 0 amide bonds. The van der Waals surface area contributed by atoms with Crippen molar-refractivity contribution < 1.29 is 5.11 Å². The number of aliphatic hydroxyl groups is 1. The lowest BCUT2D eigenvalue weighted by atomic mass is 9.97. The third-order valence-corrected chi connectivity index (χ3v) is 2.67. The number of aryl methyl sites for hydroxylation is 1. The first kappa shape index (κ1) is 10.9. The van der Waals surface area contributed by atoms with Crippen LogP contribution in [0.2, 0.25) is 0 Å². The molecule has 16 heavy (non-hydrogen) atoms. The fourth-order valence-corrected chi connectivity index (χ4v) is 1.81. The van der Waals surface area contributed by atoms with Crippen LogP contribution in [-0.2, 0) is 14.1 Å². The van der Waals surface area contributed by atoms with Gasteiger partial charge in [0, 0.05) is 27.2 Å². The Kier molecular flexibility index (Phi) is 2.16. The van der Waals surface area contributed by atoms with E-state index < -0.39 is 16.9 Å². The van der Waals surface area contributed by atoms with Crippen LogP contribution < -0.4 is 16.1 Å². The van der Waals surface area contributed by atoms with Crippen molar-refractivity contribution in [1.29, 1.82) is 0 Å². The number of nitrogens with zero attached hydrogens (tertiary/aromatic N) is 4. The molecular weight excluding hydrogens is 212 g/mol. The predicted molar refractivity (Wildman–Crippen MR) is 57.6 cm³/mol. The first-order valence-corrected chi connectivity index (χ1v) is 4.93. The van der Waals surface area contributed by atoms with Crippen LogP contribution in [0.25, 0.3) is 0 Å². The molecule has 0 saturated carbocycles. The standard InChI is InChI=1S/C9H14N4O3/c1-9(16)4-13(5-9)6-7(14)11(2)8(15)12(3)10-6/h16H,4-5H2,1-3H3. The summed E-state index contributed by atoms with van der Waals surface area (Å²) in [5.41, 5.74) is -1.67. The summed E-state index contributed by atoms with van der Waals surface area (Å²) in [4.78, 5) is 24.8. The van der Waals surface area contributed by atoms with Crippen molar-refractivity contribution in [2.24, 2.45) is 14.1 Å². The van der Waals surface area contributed by atoms with Crippen LogP contribution in [0.15, 0.2) is 9.59 Å². The molecule has 1 aliphatic rings. The summed E-state index contributed by atoms with van der Waals surface area (Å²) < 4.78 is 2.12. The second-order valence-electron chi connectivity index (χ2n) is 4.45. The van der Waals surface area contributed by atoms with E-state index >= 15 is 0 Å². The number of hydrogen-bond acceptors (Lipinski definition) is 5. The number of aromatic nitrogens is 3. The summed E-state index contributed by atoms with van der Waals surface area (Å²) in [7, 11) is 2.90. The maximum Gasteiger partial charge on any atom is 0.346 e. The van der Waals surface area contributed by atoms with Crippen molar-refractivity contribution in [3.63, 3.8) is 0 Å². The fraction of sp³-hybridized carbons (Fsp3) is 0.667. The third kappa shape index (κ3) is 1.53. The Balaban J connectivity index is 2.45. The van der Waals surface area contributed by atoms with Gasteiger partial charge in [-0.15, -0.1) is 5.10 Å². The van der Waals surface area contributed by atoms with E-state index in [1.807, 2.05) is 0 Å². The lowest BCUT2D eigenvalue weighted by Crippen LogP contribution is -2.62. The molecule has 1 fully saturated rings. The van der Waals surface area contributed by atoms with Crippen molar-refractivity contribution >= 4 is 5.82 Å². The summed E-state index contributed by atoms with van der Waals surface area (Å²) in [6.45, 7) is 2.40. The Bertz CT molecular complexity index is 535. The molecule has 0 unspecified atom stereocenters. The predicted octanol–water partition coefficient (Wildman–Crippen LogP) is -1.95. The van der Waals surface area contributed by atoms with E-state index in [1.165, 1.54) is 14.1 Å². The first-order valence-electron chi connectivity index (χ1n) is 4.93. The summed E-state index contributed by atoms with van der Waals surface area (Å²) in [5, 5.41) is 13.5. The van der Waals surface area contributed by atoms with Crippen LogP contribution in [0.1, 0.15) is 6.92 Å². The van der Waals surface area contributed by atoms with Crippen molar-refractivity contribution in [3.05, 3.63) is 20.8 Å². The topological polar surface area (TPSA) is 80.4 Å². The maximum atomic E-state index is 11.8. The minimum atomic E-state index is -0.776. The number of rotatable bonds is 1. The second-order valence-corrected chi connectivity index (χ2v) is 4.45. The van der Waals surface area contributed by atoms with Crippen molar-refractivity contribution in [1.82, 2.24) is 14.3 Å². The SMILES string of the molecule is Cn1nc(N2CC(C)(O)C2)c(=O)n(C)c1=O. The molecule has 88 valence electrons. The van der Waals surface area contributed by atoms with E-state index in [-0.39, 0.29) is 5.82 Å². The monoisotopic (exact) mass is 226 g/mol. The second kappa shape index (κ2) is 3.18. The Morgan fingerprint density at radius 3 is 2.38 bits per heavy atom. The average molecular weight is 226 g/mol. The van der Waals surface area contributed by atoms with Crippen LogP contribution in [0.3, 0.4) is 0 Å². The van der Waals surface area contributed by atoms with Gasteiger partial charge in [-0.05, 0) is 6.92 Å². The van der Waals surface area contributed by atoms with Gasteiger partial charge in [0.2, 0.25) is 5.82 Å². The maximum absolute atomic E-state index is 11.8. The highest BCUT2D eigenvalue weighted by atomic mass is 16.3. The van der Waals surface area contributed by atoms with Gasteiger partial charge in [-0.3, -0.25) is 9.36 Å². The molecule has 0 radical (unpaired) electrons. The number of β-amino-alcohol motifs (C(OH)–C–C–N with tert-alkyl or cyclic N) is 1. The van der Waals surface area contributed by atoms with Gasteiger partial charge in [-0.2, -0.15) is 0 Å². The zero-order valence-corrected chi connectivity index (χ0v) is 9.47. The molecule has 1 N–H and O–H groups in total. The van der Waals surface area contributed by atoms with E-state index in [9.17, 15) is 14.7 Å². The molecule has 1 aromatic heterocycles. The highest BCUT2D eigenvalue weighted by molar-refractivity contribution is 5.40. The van der Waals surface area contributed by atoms with E-state index in [1.54, 1.807) is 11.8 Å². The molecule has 0 atom stereocenters. The van der Waals surface area contributed by atoms with E-state index in [2.05, 4.69) is 5.10 Å². The summed E-state index contributed by atoms with van der Waals surface area (Å²) in [5.74, 6) is 0.205. The molecule has 2 rings (SSSR count). The minimum Gasteiger partial charge on any atom is -0.386 e. The zero-order valence-electron chi connectivity index (χ0n) is 9.47. The molecule has 1 aliphatic heterocycles. The molecule has 1 saturated heterocycles. The van der Waals surface area contributed by atoms with Gasteiger partial charge in [-0.1, -0.05) is 0 Å². The molecule has 2 heterocycles. The third-order valence-electron chi connectivity index (χ3n) is 2.67. The molecule has 0 spiro atoms. The Morgan fingerprint density at radius 2 is 1.88 bits per heavy atom. The molecule has 7 nitrogen and oxygen atoms in total. The van der Waals surface area contributed by atoms with E-state index in [0.29, 0.717) is 13.1 Å². The lowest BCUT2D eigenvalue weighted by molar-refractivity contribution is 0.0300. The Morgan fingerprint density at radius 1 is 1.31 bits per heavy atom. The highest BCUT2D eigenvalue weighted by Crippen LogP contribution is 2.22. The largest absolute Gasteiger partial charge is 0.386 e. The lowest BCUT2D eigenvalue weighted by Gasteiger charge is -2.44. The average Bonchev–Trinajstić information content (AvgIpc) is 2.17. The number of hydrogen-bond donors (Lipinski definition) is 1. The van der Waals surface area contributed by atoms with E-state index in [4.69, 9.17) is 0 Å². The van der Waals surface area contributed by atoms with Gasteiger partial charge >= 0.3 is 5.69 Å². The van der Waals surface area contributed by atoms with E-state index in [0.717, 1.165) is 9.25 Å². The van der Waals surface area contributed by atoms with Crippen LogP contribution in [0.5, 0.6) is 0 Å². The smallest absolute Gasteiger partial charge is 0.346 e. The Labute approximate surface area is 91.5 Å². The van der Waals surface area contributed by atoms with Gasteiger partial charge in [0.05, 0.1) is 5.60 Å². The minimum absolute atomic E-state index is 0.205. The number of anilines is 1. The molecule has 0 aliphatic carbocycles. The van der Waals surface area contributed by atoms with Gasteiger partial charge in [0.25, 0.3) is 5.56 Å². The van der Waals surface area contributed by atoms with Crippen molar-refractivity contribution in [2.75, 3.05) is 18.0 Å². The van der Waals surface area contributed by atoms with Gasteiger partial charge in [-0.25, -0.2) is 9.48 Å². The molecule has 0 bridgehead atoms. The molecule has 1 aromatic rings. The quantitative estimate of drug-likeness (QED) is 0.602. The normalized spacial score (nSPS) is 18.4. The van der Waals surface area contributed by atoms with Crippen molar-refractivity contribution in [3.8, 4) is 0 Å². The summed E-state index contributed by atoms with van der Waals surface area (Å²) in [6, 6.07) is 0. The molecule has 0 aromatic carbocycles. The van der Waals surface area contributed by atoms with Gasteiger partial charge < -0.3 is 10.0 Å². The Hall–Kier alpha value is -1.63.